The van der Waals surface area contributed by atoms with Gasteiger partial charge in [0.15, 0.2) is 0 Å². The number of unbranched alkanes of at least 4 members (excludes halogenated alkanes) is 8. The lowest BCUT2D eigenvalue weighted by atomic mass is 10.1. The van der Waals surface area contributed by atoms with Crippen molar-refractivity contribution in [3.8, 4) is 0 Å². The Bertz CT molecular complexity index is 198. The minimum absolute atomic E-state index is 0.514. The fourth-order valence-electron chi connectivity index (χ4n) is 1.80. The van der Waals surface area contributed by atoms with Crippen molar-refractivity contribution in [2.45, 2.75) is 63.8 Å². The van der Waals surface area contributed by atoms with Crippen LogP contribution in [0.3, 0.4) is 0 Å². The lowest BCUT2D eigenvalue weighted by molar-refractivity contribution is -0.128. The van der Waals surface area contributed by atoms with Crippen LogP contribution in [0, 0.1) is 0 Å². The Balaban J connectivity index is 3.01. The van der Waals surface area contributed by atoms with Gasteiger partial charge >= 0.3 is 6.00 Å². The third-order valence-electron chi connectivity index (χ3n) is 2.79. The van der Waals surface area contributed by atoms with Crippen LogP contribution in [0.5, 0.6) is 0 Å². The average molecular weight is 334 g/mol. The number of ether oxygens (including phenoxy) is 1. The van der Waals surface area contributed by atoms with Gasteiger partial charge in [-0.15, -0.1) is 33.2 Å². The maximum absolute atomic E-state index is 9.88. The predicted molar refractivity (Wildman–Crippen MR) is 81.7 cm³/mol. The molecule has 18 heavy (non-hydrogen) atoms. The third-order valence-corrected chi connectivity index (χ3v) is 5.41. The first-order valence-corrected chi connectivity index (χ1v) is 11.9. The maximum atomic E-state index is 9.88. The standard InChI is InChI=1S/C12H23Cl3O2Si/c13-18(14,15)11-9-7-5-3-1-2-4-6-8-10-17-12-16/h12H,1-11H2. The first kappa shape index (κ1) is 18.6. The van der Waals surface area contributed by atoms with Crippen molar-refractivity contribution < 1.29 is 9.53 Å². The van der Waals surface area contributed by atoms with Gasteiger partial charge < -0.3 is 4.74 Å². The van der Waals surface area contributed by atoms with E-state index in [1.54, 1.807) is 0 Å². The predicted octanol–water partition coefficient (Wildman–Crippen LogP) is 5.33. The van der Waals surface area contributed by atoms with Crippen LogP contribution < -0.4 is 0 Å². The molecule has 6 heteroatoms. The summed E-state index contributed by atoms with van der Waals surface area (Å²) in [5, 5.41) is 0. The molecule has 0 heterocycles. The van der Waals surface area contributed by atoms with Crippen LogP contribution in [0.4, 0.5) is 0 Å². The molecule has 0 aromatic carbocycles. The molecule has 0 aliphatic rings. The normalized spacial score (nSPS) is 11.5. The van der Waals surface area contributed by atoms with Gasteiger partial charge in [-0.2, -0.15) is 0 Å². The molecule has 0 aliphatic heterocycles. The molecule has 0 saturated carbocycles. The molecule has 0 saturated heterocycles. The lowest BCUT2D eigenvalue weighted by Gasteiger charge is -2.06. The van der Waals surface area contributed by atoms with Gasteiger partial charge in [0.2, 0.25) is 0 Å². The molecule has 0 radical (unpaired) electrons. The van der Waals surface area contributed by atoms with E-state index in [-0.39, 0.29) is 0 Å². The van der Waals surface area contributed by atoms with Gasteiger partial charge in [0.1, 0.15) is 0 Å². The third kappa shape index (κ3) is 16.6. The molecule has 0 aromatic rings. The highest BCUT2D eigenvalue weighted by molar-refractivity contribution is 7.64. The summed E-state index contributed by atoms with van der Waals surface area (Å²) >= 11 is 17.4. The quantitative estimate of drug-likeness (QED) is 0.197. The summed E-state index contributed by atoms with van der Waals surface area (Å²) < 4.78 is 4.62. The molecule has 0 aliphatic carbocycles. The summed E-state index contributed by atoms with van der Waals surface area (Å²) in [5.74, 6) is 0. The minimum Gasteiger partial charge on any atom is -0.468 e. The molecule has 108 valence electrons. The summed E-state index contributed by atoms with van der Waals surface area (Å²) in [6.07, 6.45) is 10.6. The largest absolute Gasteiger partial charge is 0.468 e. The fourth-order valence-corrected chi connectivity index (χ4v) is 3.65. The number of halogens is 3. The highest BCUT2D eigenvalue weighted by Gasteiger charge is 2.23. The molecule has 0 atom stereocenters. The zero-order chi connectivity index (χ0) is 13.7. The average Bonchev–Trinajstić information content (AvgIpc) is 2.29. The highest BCUT2D eigenvalue weighted by atomic mass is 35.8. The molecular formula is C12H23Cl3O2Si. The van der Waals surface area contributed by atoms with E-state index in [2.05, 4.69) is 4.74 Å². The van der Waals surface area contributed by atoms with Crippen molar-refractivity contribution in [1.29, 1.82) is 0 Å². The van der Waals surface area contributed by atoms with E-state index in [9.17, 15) is 4.79 Å². The van der Waals surface area contributed by atoms with Crippen LogP contribution in [0.2, 0.25) is 6.04 Å². The molecule has 0 N–H and O–H groups in total. The second kappa shape index (κ2) is 12.6. The van der Waals surface area contributed by atoms with Crippen molar-refractivity contribution in [2.24, 2.45) is 0 Å². The van der Waals surface area contributed by atoms with E-state index in [0.29, 0.717) is 13.1 Å². The summed E-state index contributed by atoms with van der Waals surface area (Å²) in [4.78, 5) is 9.88. The number of carbonyl (C=O) groups excluding carboxylic acids is 1. The van der Waals surface area contributed by atoms with E-state index in [4.69, 9.17) is 33.2 Å². The minimum atomic E-state index is -2.37. The first-order chi connectivity index (χ1) is 8.56. The number of hydrogen-bond acceptors (Lipinski definition) is 2. The smallest absolute Gasteiger partial charge is 0.341 e. The Morgan fingerprint density at radius 1 is 0.778 bits per heavy atom. The molecule has 0 unspecified atom stereocenters. The first-order valence-electron chi connectivity index (χ1n) is 6.68. The van der Waals surface area contributed by atoms with Crippen molar-refractivity contribution in [3.05, 3.63) is 0 Å². The van der Waals surface area contributed by atoms with Crippen LogP contribution in [0.25, 0.3) is 0 Å². The van der Waals surface area contributed by atoms with Gasteiger partial charge in [0.25, 0.3) is 6.47 Å². The number of carbonyl (C=O) groups is 1. The summed E-state index contributed by atoms with van der Waals surface area (Å²) in [6.45, 7) is 1.07. The van der Waals surface area contributed by atoms with Gasteiger partial charge in [-0.1, -0.05) is 51.4 Å². The second-order valence-electron chi connectivity index (χ2n) is 4.51. The lowest BCUT2D eigenvalue weighted by Crippen LogP contribution is -2.07. The van der Waals surface area contributed by atoms with Gasteiger partial charge in [0, 0.05) is 0 Å². The van der Waals surface area contributed by atoms with E-state index in [0.717, 1.165) is 25.3 Å². The van der Waals surface area contributed by atoms with Crippen LogP contribution in [-0.2, 0) is 9.53 Å². The Morgan fingerprint density at radius 2 is 1.22 bits per heavy atom. The molecule has 0 bridgehead atoms. The molecule has 0 amide bonds. The van der Waals surface area contributed by atoms with Crippen LogP contribution in [-0.4, -0.2) is 19.1 Å². The number of rotatable bonds is 13. The molecule has 0 fully saturated rings. The second-order valence-corrected chi connectivity index (χ2v) is 13.8. The molecular weight excluding hydrogens is 311 g/mol. The van der Waals surface area contributed by atoms with Crippen LogP contribution >= 0.6 is 33.2 Å². The summed E-state index contributed by atoms with van der Waals surface area (Å²) in [6, 6.07) is -1.59. The molecule has 0 aromatic heterocycles. The fraction of sp³-hybridized carbons (Fsp3) is 0.917. The summed E-state index contributed by atoms with van der Waals surface area (Å²) in [5.41, 5.74) is 0. The SMILES string of the molecule is O=COCCCCCCCCCCC[Si](Cl)(Cl)Cl. The van der Waals surface area contributed by atoms with Gasteiger partial charge in [-0.05, 0) is 12.5 Å². The Morgan fingerprint density at radius 3 is 1.67 bits per heavy atom. The topological polar surface area (TPSA) is 26.3 Å². The monoisotopic (exact) mass is 332 g/mol. The van der Waals surface area contributed by atoms with Crippen molar-refractivity contribution >= 4 is 45.7 Å². The van der Waals surface area contributed by atoms with Crippen LogP contribution in [0.1, 0.15) is 57.8 Å². The Hall–Kier alpha value is 0.557. The molecule has 0 rings (SSSR count). The van der Waals surface area contributed by atoms with E-state index < -0.39 is 6.00 Å². The van der Waals surface area contributed by atoms with Crippen molar-refractivity contribution in [3.63, 3.8) is 0 Å². The van der Waals surface area contributed by atoms with Crippen molar-refractivity contribution in [2.75, 3.05) is 6.61 Å². The summed E-state index contributed by atoms with van der Waals surface area (Å²) in [7, 11) is 0. The highest BCUT2D eigenvalue weighted by Crippen LogP contribution is 2.27. The van der Waals surface area contributed by atoms with E-state index >= 15 is 0 Å². The van der Waals surface area contributed by atoms with E-state index in [1.807, 2.05) is 0 Å². The Labute approximate surface area is 125 Å². The Kier molecular flexibility index (Phi) is 13.0. The van der Waals surface area contributed by atoms with E-state index in [1.165, 1.54) is 38.5 Å². The van der Waals surface area contributed by atoms with Gasteiger partial charge in [-0.3, -0.25) is 4.79 Å². The van der Waals surface area contributed by atoms with Gasteiger partial charge in [-0.25, -0.2) is 0 Å². The maximum Gasteiger partial charge on any atom is 0.341 e. The zero-order valence-corrected chi connectivity index (χ0v) is 14.1. The number of hydrogen-bond donors (Lipinski definition) is 0. The van der Waals surface area contributed by atoms with Gasteiger partial charge in [0.05, 0.1) is 6.61 Å². The molecule has 2 nitrogen and oxygen atoms in total. The van der Waals surface area contributed by atoms with Crippen LogP contribution in [0.15, 0.2) is 0 Å². The molecule has 0 spiro atoms. The zero-order valence-electron chi connectivity index (χ0n) is 10.8. The van der Waals surface area contributed by atoms with Crippen molar-refractivity contribution in [1.82, 2.24) is 0 Å².